The summed E-state index contributed by atoms with van der Waals surface area (Å²) in [6.07, 6.45) is -2.22. The fourth-order valence-electron chi connectivity index (χ4n) is 1.86. The minimum absolute atomic E-state index is 0.0452. The Hall–Kier alpha value is -1.76. The molecule has 1 aliphatic heterocycles. The number of benzene rings is 1. The van der Waals surface area contributed by atoms with E-state index in [0.717, 1.165) is 0 Å². The maximum atomic E-state index is 11.4. The Bertz CT molecular complexity index is 499. The lowest BCUT2D eigenvalue weighted by Gasteiger charge is -2.17. The van der Waals surface area contributed by atoms with Crippen LogP contribution in [0.15, 0.2) is 18.2 Å². The number of amides is 1. The van der Waals surface area contributed by atoms with Crippen LogP contribution in [0.1, 0.15) is 28.4 Å². The van der Waals surface area contributed by atoms with Crippen molar-refractivity contribution in [3.63, 3.8) is 0 Å². The number of rotatable bonds is 4. The van der Waals surface area contributed by atoms with Gasteiger partial charge >= 0.3 is 0 Å². The van der Waals surface area contributed by atoms with E-state index in [0.29, 0.717) is 11.3 Å². The molecule has 0 aromatic heterocycles. The Balaban J connectivity index is 2.25. The highest BCUT2D eigenvalue weighted by Crippen LogP contribution is 2.28. The molecule has 0 aliphatic carbocycles. The molecule has 0 saturated carbocycles. The van der Waals surface area contributed by atoms with Crippen LogP contribution in [0.3, 0.4) is 0 Å². The summed E-state index contributed by atoms with van der Waals surface area (Å²) < 4.78 is 0. The van der Waals surface area contributed by atoms with Crippen molar-refractivity contribution in [2.75, 3.05) is 11.9 Å². The van der Waals surface area contributed by atoms with E-state index in [9.17, 15) is 19.8 Å². The summed E-state index contributed by atoms with van der Waals surface area (Å²) in [5.74, 6) is -1.31. The van der Waals surface area contributed by atoms with E-state index in [2.05, 4.69) is 5.32 Å². The van der Waals surface area contributed by atoms with Crippen LogP contribution in [0.5, 0.6) is 0 Å². The highest BCUT2D eigenvalue weighted by Gasteiger charge is 2.29. The number of anilines is 1. The van der Waals surface area contributed by atoms with Crippen LogP contribution >= 0.6 is 0 Å². The molecule has 6 nitrogen and oxygen atoms in total. The predicted molar refractivity (Wildman–Crippen MR) is 62.1 cm³/mol. The van der Waals surface area contributed by atoms with Gasteiger partial charge in [0.25, 0.3) is 11.7 Å². The fourth-order valence-corrected chi connectivity index (χ4v) is 1.86. The molecule has 0 radical (unpaired) electrons. The molecule has 0 bridgehead atoms. The zero-order valence-electron chi connectivity index (χ0n) is 9.46. The lowest BCUT2D eigenvalue weighted by atomic mass is 10.00. The minimum atomic E-state index is -1.17. The number of aliphatic hydroxyl groups is 3. The average molecular weight is 251 g/mol. The summed E-state index contributed by atoms with van der Waals surface area (Å²) >= 11 is 0. The third-order valence-electron chi connectivity index (χ3n) is 2.87. The summed E-state index contributed by atoms with van der Waals surface area (Å²) in [6, 6.07) is 4.35. The maximum absolute atomic E-state index is 11.4. The highest BCUT2D eigenvalue weighted by molar-refractivity contribution is 6.51. The lowest BCUT2D eigenvalue weighted by Crippen LogP contribution is -2.19. The Morgan fingerprint density at radius 1 is 1.22 bits per heavy atom. The van der Waals surface area contributed by atoms with Crippen LogP contribution < -0.4 is 5.32 Å². The second kappa shape index (κ2) is 4.85. The molecule has 1 aliphatic rings. The van der Waals surface area contributed by atoms with Crippen LogP contribution in [-0.4, -0.2) is 39.7 Å². The third kappa shape index (κ3) is 2.13. The number of nitrogens with one attached hydrogen (secondary N) is 1. The standard InChI is InChI=1S/C12H13NO5/c14-4-3-9(15)10(16)6-1-2-7-8(5-6)13-12(18)11(7)17/h1-2,5,9-10,14-16H,3-4H2,(H,13,17,18). The normalized spacial score (nSPS) is 17.3. The number of ketones is 1. The van der Waals surface area contributed by atoms with E-state index in [4.69, 9.17) is 5.11 Å². The van der Waals surface area contributed by atoms with Gasteiger partial charge in [0.1, 0.15) is 6.10 Å². The Labute approximate surface area is 103 Å². The number of Topliss-reactive ketones (excluding diaryl/α,β-unsaturated/α-hetero) is 1. The number of fused-ring (bicyclic) bond motifs is 1. The van der Waals surface area contributed by atoms with Crippen molar-refractivity contribution in [2.24, 2.45) is 0 Å². The Kier molecular flexibility index (Phi) is 3.42. The van der Waals surface area contributed by atoms with E-state index < -0.39 is 23.9 Å². The molecule has 4 N–H and O–H groups in total. The van der Waals surface area contributed by atoms with E-state index in [1.165, 1.54) is 18.2 Å². The number of hydrogen-bond acceptors (Lipinski definition) is 5. The minimum Gasteiger partial charge on any atom is -0.396 e. The van der Waals surface area contributed by atoms with Crippen LogP contribution in [0.2, 0.25) is 0 Å². The van der Waals surface area contributed by atoms with Crippen molar-refractivity contribution in [3.05, 3.63) is 29.3 Å². The first kappa shape index (κ1) is 12.7. The van der Waals surface area contributed by atoms with Crippen LogP contribution in [-0.2, 0) is 4.79 Å². The zero-order valence-corrected chi connectivity index (χ0v) is 9.46. The monoisotopic (exact) mass is 251 g/mol. The van der Waals surface area contributed by atoms with E-state index >= 15 is 0 Å². The van der Waals surface area contributed by atoms with Gasteiger partial charge in [-0.25, -0.2) is 0 Å². The summed E-state index contributed by atoms with van der Waals surface area (Å²) in [4.78, 5) is 22.5. The molecule has 96 valence electrons. The van der Waals surface area contributed by atoms with E-state index in [1.54, 1.807) is 0 Å². The Morgan fingerprint density at radius 2 is 1.94 bits per heavy atom. The van der Waals surface area contributed by atoms with Crippen molar-refractivity contribution in [1.29, 1.82) is 0 Å². The first-order valence-electron chi connectivity index (χ1n) is 5.51. The molecular weight excluding hydrogens is 238 g/mol. The molecule has 1 amide bonds. The van der Waals surface area contributed by atoms with Gasteiger partial charge in [0.05, 0.1) is 17.4 Å². The summed E-state index contributed by atoms with van der Waals surface area (Å²) in [5, 5.41) is 30.5. The van der Waals surface area contributed by atoms with Crippen LogP contribution in [0.4, 0.5) is 5.69 Å². The molecule has 1 aromatic carbocycles. The number of hydrogen-bond donors (Lipinski definition) is 4. The smallest absolute Gasteiger partial charge is 0.296 e. The second-order valence-corrected chi connectivity index (χ2v) is 4.11. The molecule has 2 rings (SSSR count). The SMILES string of the molecule is O=C1Nc2cc(C(O)C(O)CCO)ccc2C1=O. The van der Waals surface area contributed by atoms with Gasteiger partial charge < -0.3 is 20.6 Å². The number of aliphatic hydroxyl groups excluding tert-OH is 3. The van der Waals surface area contributed by atoms with Gasteiger partial charge in [-0.3, -0.25) is 9.59 Å². The fraction of sp³-hybridized carbons (Fsp3) is 0.333. The van der Waals surface area contributed by atoms with Gasteiger partial charge in [0.2, 0.25) is 0 Å². The molecule has 1 heterocycles. The first-order valence-corrected chi connectivity index (χ1v) is 5.51. The summed E-state index contributed by atoms with van der Waals surface area (Å²) in [7, 11) is 0. The van der Waals surface area contributed by atoms with Crippen molar-refractivity contribution < 1.29 is 24.9 Å². The average Bonchev–Trinajstić information content (AvgIpc) is 2.64. The summed E-state index contributed by atoms with van der Waals surface area (Å²) in [5.41, 5.74) is 0.968. The van der Waals surface area contributed by atoms with Crippen molar-refractivity contribution in [3.8, 4) is 0 Å². The molecule has 6 heteroatoms. The molecular formula is C12H13NO5. The largest absolute Gasteiger partial charge is 0.396 e. The van der Waals surface area contributed by atoms with Gasteiger partial charge in [0, 0.05) is 6.61 Å². The maximum Gasteiger partial charge on any atom is 0.296 e. The first-order chi connectivity index (χ1) is 8.54. The van der Waals surface area contributed by atoms with Gasteiger partial charge in [-0.1, -0.05) is 6.07 Å². The van der Waals surface area contributed by atoms with E-state index in [1.807, 2.05) is 0 Å². The molecule has 0 spiro atoms. The van der Waals surface area contributed by atoms with Crippen LogP contribution in [0, 0.1) is 0 Å². The van der Waals surface area contributed by atoms with Gasteiger partial charge in [-0.05, 0) is 24.1 Å². The summed E-state index contributed by atoms with van der Waals surface area (Å²) in [6.45, 7) is -0.238. The molecule has 2 atom stereocenters. The van der Waals surface area contributed by atoms with Gasteiger partial charge in [-0.15, -0.1) is 0 Å². The Morgan fingerprint density at radius 3 is 2.61 bits per heavy atom. The predicted octanol–water partition coefficient (Wildman–Crippen LogP) is -0.402. The number of carbonyl (C=O) groups is 2. The highest BCUT2D eigenvalue weighted by atomic mass is 16.3. The van der Waals surface area contributed by atoms with Gasteiger partial charge in [0.15, 0.2) is 0 Å². The van der Waals surface area contributed by atoms with Crippen molar-refractivity contribution in [1.82, 2.24) is 0 Å². The van der Waals surface area contributed by atoms with Crippen molar-refractivity contribution >= 4 is 17.4 Å². The van der Waals surface area contributed by atoms with Crippen LogP contribution in [0.25, 0.3) is 0 Å². The van der Waals surface area contributed by atoms with Crippen molar-refractivity contribution in [2.45, 2.75) is 18.6 Å². The molecule has 0 fully saturated rings. The second-order valence-electron chi connectivity index (χ2n) is 4.11. The molecule has 18 heavy (non-hydrogen) atoms. The topological polar surface area (TPSA) is 107 Å². The lowest BCUT2D eigenvalue weighted by molar-refractivity contribution is -0.112. The molecule has 2 unspecified atom stereocenters. The number of carbonyl (C=O) groups excluding carboxylic acids is 2. The molecule has 1 aromatic rings. The third-order valence-corrected chi connectivity index (χ3v) is 2.87. The quantitative estimate of drug-likeness (QED) is 0.545. The zero-order chi connectivity index (χ0) is 13.3. The molecule has 0 saturated heterocycles. The van der Waals surface area contributed by atoms with E-state index in [-0.39, 0.29) is 18.6 Å². The van der Waals surface area contributed by atoms with Gasteiger partial charge in [-0.2, -0.15) is 0 Å².